The number of carbonyl (C=O) groups is 1. The lowest BCUT2D eigenvalue weighted by Gasteiger charge is -2.22. The van der Waals surface area contributed by atoms with Crippen LogP contribution in [0.4, 0.5) is 19.0 Å². The summed E-state index contributed by atoms with van der Waals surface area (Å²) >= 11 is 0. The first-order valence-electron chi connectivity index (χ1n) is 8.90. The lowest BCUT2D eigenvalue weighted by Crippen LogP contribution is -2.21. The Morgan fingerprint density at radius 2 is 2.04 bits per heavy atom. The molecule has 6 nitrogen and oxygen atoms in total. The summed E-state index contributed by atoms with van der Waals surface area (Å²) in [4.78, 5) is 16.3. The molecular weight excluding hydrogens is 361 g/mol. The van der Waals surface area contributed by atoms with Crippen molar-refractivity contribution in [2.24, 2.45) is 5.92 Å². The van der Waals surface area contributed by atoms with Crippen LogP contribution in [0.3, 0.4) is 0 Å². The van der Waals surface area contributed by atoms with Crippen molar-refractivity contribution < 1.29 is 22.7 Å². The molecule has 1 fully saturated rings. The third-order valence-electron chi connectivity index (χ3n) is 4.46. The minimum atomic E-state index is -4.54. The maximum atomic E-state index is 12.6. The topological polar surface area (TPSA) is 69.0 Å². The minimum Gasteiger partial charge on any atom is -0.489 e. The molecule has 1 N–H and O–H groups in total. The van der Waals surface area contributed by atoms with Gasteiger partial charge in [-0.2, -0.15) is 18.3 Å². The highest BCUT2D eigenvalue weighted by Crippen LogP contribution is 2.28. The summed E-state index contributed by atoms with van der Waals surface area (Å²) in [5.74, 6) is 0.662. The number of pyridine rings is 1. The summed E-state index contributed by atoms with van der Waals surface area (Å²) in [6, 6.07) is 4.24. The zero-order chi connectivity index (χ0) is 19.3. The van der Waals surface area contributed by atoms with E-state index in [0.29, 0.717) is 18.3 Å². The lowest BCUT2D eigenvalue weighted by atomic mass is 9.90. The van der Waals surface area contributed by atoms with Crippen LogP contribution in [0.15, 0.2) is 30.6 Å². The predicted octanol–water partition coefficient (Wildman–Crippen LogP) is 3.89. The van der Waals surface area contributed by atoms with Crippen LogP contribution in [-0.2, 0) is 17.5 Å². The van der Waals surface area contributed by atoms with Gasteiger partial charge in [0, 0.05) is 12.4 Å². The van der Waals surface area contributed by atoms with E-state index in [2.05, 4.69) is 15.4 Å². The fourth-order valence-electron chi connectivity index (χ4n) is 3.08. The lowest BCUT2D eigenvalue weighted by molar-refractivity contribution is -0.141. The fraction of sp³-hybridized carbons (Fsp3) is 0.500. The Morgan fingerprint density at radius 1 is 1.26 bits per heavy atom. The SMILES string of the molecule is O=C(Cn1ccc(C(F)(F)F)n1)Nc1ncccc1OCC1CCCCC1. The number of alkyl halides is 3. The molecule has 0 bridgehead atoms. The minimum absolute atomic E-state index is 0.251. The Kier molecular flexibility index (Phi) is 5.98. The summed E-state index contributed by atoms with van der Waals surface area (Å²) in [5, 5.41) is 5.94. The largest absolute Gasteiger partial charge is 0.489 e. The van der Waals surface area contributed by atoms with Crippen molar-refractivity contribution in [3.63, 3.8) is 0 Å². The van der Waals surface area contributed by atoms with Gasteiger partial charge in [-0.15, -0.1) is 0 Å². The number of hydrogen-bond donors (Lipinski definition) is 1. The van der Waals surface area contributed by atoms with Crippen LogP contribution >= 0.6 is 0 Å². The molecule has 1 aliphatic rings. The standard InChI is InChI=1S/C18H21F3N4O2/c19-18(20,21)15-8-10-25(24-15)11-16(26)23-17-14(7-4-9-22-17)27-12-13-5-2-1-3-6-13/h4,7-10,13H,1-3,5-6,11-12H2,(H,22,23,26). The van der Waals surface area contributed by atoms with E-state index in [1.54, 1.807) is 12.1 Å². The smallest absolute Gasteiger partial charge is 0.435 e. The zero-order valence-corrected chi connectivity index (χ0v) is 14.7. The second kappa shape index (κ2) is 8.41. The Hall–Kier alpha value is -2.58. The second-order valence-electron chi connectivity index (χ2n) is 6.61. The van der Waals surface area contributed by atoms with Crippen LogP contribution in [-0.4, -0.2) is 27.3 Å². The van der Waals surface area contributed by atoms with E-state index in [0.717, 1.165) is 29.8 Å². The van der Waals surface area contributed by atoms with Crippen LogP contribution in [0.25, 0.3) is 0 Å². The van der Waals surface area contributed by atoms with E-state index in [9.17, 15) is 18.0 Å². The molecule has 1 saturated carbocycles. The average molecular weight is 382 g/mol. The molecule has 0 aromatic carbocycles. The Bertz CT molecular complexity index is 770. The van der Waals surface area contributed by atoms with Crippen molar-refractivity contribution >= 4 is 11.7 Å². The molecule has 2 heterocycles. The van der Waals surface area contributed by atoms with Gasteiger partial charge in [0.2, 0.25) is 5.91 Å². The van der Waals surface area contributed by atoms with E-state index in [1.807, 2.05) is 0 Å². The third-order valence-corrected chi connectivity index (χ3v) is 4.46. The highest BCUT2D eigenvalue weighted by molar-refractivity contribution is 5.90. The van der Waals surface area contributed by atoms with Gasteiger partial charge in [-0.25, -0.2) is 4.98 Å². The molecule has 0 spiro atoms. The number of amides is 1. The van der Waals surface area contributed by atoms with Crippen molar-refractivity contribution in [2.45, 2.75) is 44.8 Å². The molecule has 2 aromatic rings. The third kappa shape index (κ3) is 5.45. The number of aromatic nitrogens is 3. The van der Waals surface area contributed by atoms with Gasteiger partial charge in [0.15, 0.2) is 17.3 Å². The number of ether oxygens (including phenoxy) is 1. The van der Waals surface area contributed by atoms with E-state index in [-0.39, 0.29) is 12.4 Å². The van der Waals surface area contributed by atoms with Gasteiger partial charge >= 0.3 is 6.18 Å². The van der Waals surface area contributed by atoms with Crippen LogP contribution < -0.4 is 10.1 Å². The van der Waals surface area contributed by atoms with Gasteiger partial charge in [0.1, 0.15) is 6.54 Å². The van der Waals surface area contributed by atoms with Gasteiger partial charge in [-0.3, -0.25) is 9.48 Å². The molecule has 3 rings (SSSR count). The van der Waals surface area contributed by atoms with Gasteiger partial charge in [-0.05, 0) is 37.0 Å². The maximum absolute atomic E-state index is 12.6. The first kappa shape index (κ1) is 19.2. The molecule has 0 unspecified atom stereocenters. The van der Waals surface area contributed by atoms with Gasteiger partial charge in [-0.1, -0.05) is 19.3 Å². The Morgan fingerprint density at radius 3 is 2.74 bits per heavy atom. The van der Waals surface area contributed by atoms with Gasteiger partial charge in [0.05, 0.1) is 6.61 Å². The summed E-state index contributed by atoms with van der Waals surface area (Å²) in [5.41, 5.74) is -1.04. The monoisotopic (exact) mass is 382 g/mol. The van der Waals surface area contributed by atoms with Crippen molar-refractivity contribution in [1.29, 1.82) is 0 Å². The highest BCUT2D eigenvalue weighted by atomic mass is 19.4. The van der Waals surface area contributed by atoms with Crippen molar-refractivity contribution in [3.05, 3.63) is 36.3 Å². The molecular formula is C18H21F3N4O2. The summed E-state index contributed by atoms with van der Waals surface area (Å²) in [7, 11) is 0. The molecule has 0 saturated heterocycles. The van der Waals surface area contributed by atoms with E-state index >= 15 is 0 Å². The molecule has 27 heavy (non-hydrogen) atoms. The molecule has 0 aliphatic heterocycles. The second-order valence-corrected chi connectivity index (χ2v) is 6.61. The molecule has 9 heteroatoms. The number of hydrogen-bond acceptors (Lipinski definition) is 4. The van der Waals surface area contributed by atoms with Crippen molar-refractivity contribution in [3.8, 4) is 5.75 Å². The van der Waals surface area contributed by atoms with Crippen LogP contribution in [0.5, 0.6) is 5.75 Å². The predicted molar refractivity (Wildman–Crippen MR) is 92.2 cm³/mol. The average Bonchev–Trinajstić information content (AvgIpc) is 3.10. The fourth-order valence-corrected chi connectivity index (χ4v) is 3.08. The Labute approximate surface area is 154 Å². The molecule has 1 amide bonds. The van der Waals surface area contributed by atoms with E-state index < -0.39 is 17.8 Å². The van der Waals surface area contributed by atoms with Crippen LogP contribution in [0, 0.1) is 5.92 Å². The van der Waals surface area contributed by atoms with Gasteiger partial charge < -0.3 is 10.1 Å². The number of nitrogens with one attached hydrogen (secondary N) is 1. The highest BCUT2D eigenvalue weighted by Gasteiger charge is 2.33. The van der Waals surface area contributed by atoms with E-state index in [4.69, 9.17) is 4.74 Å². The molecule has 146 valence electrons. The van der Waals surface area contributed by atoms with Gasteiger partial charge in [0.25, 0.3) is 0 Å². The van der Waals surface area contributed by atoms with E-state index in [1.165, 1.54) is 25.5 Å². The van der Waals surface area contributed by atoms with Crippen LogP contribution in [0.2, 0.25) is 0 Å². The maximum Gasteiger partial charge on any atom is 0.435 e. The first-order valence-corrected chi connectivity index (χ1v) is 8.90. The van der Waals surface area contributed by atoms with Crippen LogP contribution in [0.1, 0.15) is 37.8 Å². The Balaban J connectivity index is 1.58. The molecule has 0 atom stereocenters. The van der Waals surface area contributed by atoms with Crippen molar-refractivity contribution in [1.82, 2.24) is 14.8 Å². The number of anilines is 1. The number of rotatable bonds is 6. The molecule has 2 aromatic heterocycles. The quantitative estimate of drug-likeness (QED) is 0.823. The zero-order valence-electron chi connectivity index (χ0n) is 14.7. The summed E-state index contributed by atoms with van der Waals surface area (Å²) in [6.07, 6.45) is 4.01. The number of halogens is 3. The molecule has 0 radical (unpaired) electrons. The normalized spacial score (nSPS) is 15.5. The van der Waals surface area contributed by atoms with Crippen molar-refractivity contribution in [2.75, 3.05) is 11.9 Å². The summed E-state index contributed by atoms with van der Waals surface area (Å²) in [6.45, 7) is 0.206. The number of nitrogens with zero attached hydrogens (tertiary/aromatic N) is 3. The molecule has 1 aliphatic carbocycles. The first-order chi connectivity index (χ1) is 12.9. The summed E-state index contributed by atoms with van der Waals surface area (Å²) < 4.78 is 44.5. The number of carbonyl (C=O) groups excluding carboxylic acids is 1.